The number of benzene rings is 3. The minimum absolute atomic E-state index is 0. The van der Waals surface area contributed by atoms with Crippen LogP contribution in [0.25, 0.3) is 0 Å². The molecule has 3 aromatic carbocycles. The molecule has 3 aromatic rings. The van der Waals surface area contributed by atoms with Gasteiger partial charge in [-0.15, -0.1) is 4.68 Å². The first-order chi connectivity index (χ1) is 11.4. The van der Waals surface area contributed by atoms with Gasteiger partial charge in [0.15, 0.2) is 5.69 Å². The molecule has 1 heterocycles. The van der Waals surface area contributed by atoms with Gasteiger partial charge < -0.3 is 4.70 Å². The average Bonchev–Trinajstić information content (AvgIpc) is 3.09. The zero-order valence-electron chi connectivity index (χ0n) is 13.0. The van der Waals surface area contributed by atoms with Crippen LogP contribution in [0.5, 0.6) is 0 Å². The molecule has 4 nitrogen and oxygen atoms in total. The second kappa shape index (κ2) is 6.83. The summed E-state index contributed by atoms with van der Waals surface area (Å²) in [5.74, 6) is 0. The van der Waals surface area contributed by atoms with Crippen molar-refractivity contribution in [3.8, 4) is 0 Å². The predicted octanol–water partition coefficient (Wildman–Crippen LogP) is 0.724. The SMILES string of the molecule is C1=[N+](c2ccccc2)N(c2ccccc2)N(c2ccccc2)N1.[F-]. The molecule has 0 unspecified atom stereocenters. The Morgan fingerprint density at radius 3 is 1.71 bits per heavy atom. The largest absolute Gasteiger partial charge is 1.00 e. The van der Waals surface area contributed by atoms with Gasteiger partial charge in [0.25, 0.3) is 6.34 Å². The quantitative estimate of drug-likeness (QED) is 0.719. The van der Waals surface area contributed by atoms with E-state index in [0.717, 1.165) is 17.1 Å². The number of rotatable bonds is 3. The monoisotopic (exact) mass is 320 g/mol. The van der Waals surface area contributed by atoms with E-state index in [1.807, 2.05) is 66.1 Å². The Balaban J connectivity index is 0.00000169. The Bertz CT molecular complexity index is 807. The van der Waals surface area contributed by atoms with Gasteiger partial charge in [-0.1, -0.05) is 64.8 Å². The highest BCUT2D eigenvalue weighted by molar-refractivity contribution is 5.66. The highest BCUT2D eigenvalue weighted by atomic mass is 19.0. The normalized spacial score (nSPS) is 13.1. The summed E-state index contributed by atoms with van der Waals surface area (Å²) in [6.45, 7) is 0. The predicted molar refractivity (Wildman–Crippen MR) is 93.4 cm³/mol. The Labute approximate surface area is 140 Å². The topological polar surface area (TPSA) is 21.5 Å². The number of para-hydroxylation sites is 3. The van der Waals surface area contributed by atoms with E-state index in [0.29, 0.717) is 0 Å². The Hall–Kier alpha value is -3.34. The fourth-order valence-electron chi connectivity index (χ4n) is 2.63. The van der Waals surface area contributed by atoms with Crippen molar-refractivity contribution in [3.63, 3.8) is 0 Å². The minimum atomic E-state index is 0. The standard InChI is InChI=1S/C19H16N4.FH/c1-4-10-17(11-5-1)21-16-20-22(18-12-6-2-7-13-18)23(21)19-14-8-3-9-15-19;/h1-16H;1H. The molecule has 0 amide bonds. The van der Waals surface area contributed by atoms with Gasteiger partial charge in [0, 0.05) is 0 Å². The van der Waals surface area contributed by atoms with E-state index in [9.17, 15) is 0 Å². The molecule has 24 heavy (non-hydrogen) atoms. The average molecular weight is 320 g/mol. The molecule has 0 fully saturated rings. The van der Waals surface area contributed by atoms with Crippen molar-refractivity contribution in [2.75, 3.05) is 10.2 Å². The number of hydrogen-bond donors (Lipinski definition) is 1. The molecule has 0 aliphatic carbocycles. The van der Waals surface area contributed by atoms with Crippen molar-refractivity contribution in [2.45, 2.75) is 0 Å². The summed E-state index contributed by atoms with van der Waals surface area (Å²) in [4.78, 5) is 0. The zero-order valence-corrected chi connectivity index (χ0v) is 13.0. The van der Waals surface area contributed by atoms with E-state index in [4.69, 9.17) is 0 Å². The lowest BCUT2D eigenvalue weighted by atomic mass is 10.3. The van der Waals surface area contributed by atoms with Crippen molar-refractivity contribution >= 4 is 23.4 Å². The molecule has 4 rings (SSSR count). The number of nitrogens with zero attached hydrogens (tertiary/aromatic N) is 3. The molecule has 0 bridgehead atoms. The summed E-state index contributed by atoms with van der Waals surface area (Å²) in [6, 6.07) is 30.8. The van der Waals surface area contributed by atoms with Crippen LogP contribution in [0.15, 0.2) is 91.0 Å². The summed E-state index contributed by atoms with van der Waals surface area (Å²) in [5, 5.41) is 4.12. The molecule has 5 heteroatoms. The molecule has 120 valence electrons. The van der Waals surface area contributed by atoms with E-state index in [1.165, 1.54) is 0 Å². The number of hydrazone groups is 1. The molecule has 0 spiro atoms. The number of nitrogens with one attached hydrogen (secondary N) is 1. The third-order valence-electron chi connectivity index (χ3n) is 3.70. The number of halogens is 1. The smallest absolute Gasteiger partial charge is 0.288 e. The van der Waals surface area contributed by atoms with Crippen LogP contribution in [0, 0.1) is 0 Å². The summed E-state index contributed by atoms with van der Waals surface area (Å²) in [6.07, 6.45) is 1.95. The first-order valence-corrected chi connectivity index (χ1v) is 7.57. The van der Waals surface area contributed by atoms with Crippen molar-refractivity contribution in [1.29, 1.82) is 0 Å². The van der Waals surface area contributed by atoms with Gasteiger partial charge in [-0.05, 0) is 36.4 Å². The van der Waals surface area contributed by atoms with Gasteiger partial charge in [0.2, 0.25) is 0 Å². The number of hydrogen-bond acceptors (Lipinski definition) is 3. The van der Waals surface area contributed by atoms with Gasteiger partial charge in [0.05, 0.1) is 0 Å². The van der Waals surface area contributed by atoms with Crippen LogP contribution in [0.2, 0.25) is 0 Å². The zero-order chi connectivity index (χ0) is 15.5. The molecular weight excluding hydrogens is 303 g/mol. The Morgan fingerprint density at radius 1 is 0.625 bits per heavy atom. The molecule has 1 aliphatic rings. The van der Waals surface area contributed by atoms with Crippen LogP contribution >= 0.6 is 0 Å². The fraction of sp³-hybridized carbons (Fsp3) is 0. The van der Waals surface area contributed by atoms with Crippen LogP contribution in [0.4, 0.5) is 17.1 Å². The molecule has 0 saturated carbocycles. The molecular formula is C19H17FN4. The number of hydrazine groups is 3. The minimum Gasteiger partial charge on any atom is -1.00 e. The summed E-state index contributed by atoms with van der Waals surface area (Å²) in [5.41, 5.74) is 6.55. The van der Waals surface area contributed by atoms with Crippen LogP contribution in [-0.4, -0.2) is 11.0 Å². The molecule has 1 aliphatic heterocycles. The van der Waals surface area contributed by atoms with Crippen molar-refractivity contribution < 1.29 is 9.39 Å². The Kier molecular flexibility index (Phi) is 4.43. The third-order valence-corrected chi connectivity index (χ3v) is 3.70. The third kappa shape index (κ3) is 2.79. The van der Waals surface area contributed by atoms with E-state index in [2.05, 4.69) is 51.6 Å². The van der Waals surface area contributed by atoms with Gasteiger partial charge >= 0.3 is 0 Å². The molecule has 0 radical (unpaired) electrons. The van der Waals surface area contributed by atoms with E-state index in [-0.39, 0.29) is 4.70 Å². The van der Waals surface area contributed by atoms with Crippen LogP contribution < -0.4 is 20.4 Å². The van der Waals surface area contributed by atoms with E-state index < -0.39 is 0 Å². The fourth-order valence-corrected chi connectivity index (χ4v) is 2.63. The summed E-state index contributed by atoms with van der Waals surface area (Å²) < 4.78 is 2.09. The Morgan fingerprint density at radius 2 is 1.12 bits per heavy atom. The summed E-state index contributed by atoms with van der Waals surface area (Å²) >= 11 is 0. The van der Waals surface area contributed by atoms with Gasteiger partial charge in [-0.3, -0.25) is 0 Å². The maximum atomic E-state index is 3.33. The van der Waals surface area contributed by atoms with Crippen LogP contribution in [0.3, 0.4) is 0 Å². The molecule has 1 N–H and O–H groups in total. The maximum absolute atomic E-state index is 3.33. The highest BCUT2D eigenvalue weighted by Crippen LogP contribution is 2.27. The number of anilines is 2. The van der Waals surface area contributed by atoms with Gasteiger partial charge in [-0.2, -0.15) is 5.43 Å². The lowest BCUT2D eigenvalue weighted by molar-refractivity contribution is -0.444. The molecule has 0 saturated heterocycles. The van der Waals surface area contributed by atoms with Crippen LogP contribution in [-0.2, 0) is 0 Å². The van der Waals surface area contributed by atoms with E-state index in [1.54, 1.807) is 0 Å². The molecule has 0 aromatic heterocycles. The van der Waals surface area contributed by atoms with Crippen molar-refractivity contribution in [3.05, 3.63) is 91.0 Å². The van der Waals surface area contributed by atoms with E-state index >= 15 is 0 Å². The molecule has 0 atom stereocenters. The van der Waals surface area contributed by atoms with Gasteiger partial charge in [0.1, 0.15) is 11.4 Å². The lowest BCUT2D eigenvalue weighted by Crippen LogP contribution is -3.00. The second-order valence-electron chi connectivity index (χ2n) is 5.21. The highest BCUT2D eigenvalue weighted by Gasteiger charge is 2.32. The van der Waals surface area contributed by atoms with Crippen molar-refractivity contribution in [1.82, 2.24) is 5.43 Å². The first kappa shape index (κ1) is 15.6. The maximum Gasteiger partial charge on any atom is 0.288 e. The van der Waals surface area contributed by atoms with Gasteiger partial charge in [-0.25, -0.2) is 0 Å². The second-order valence-corrected chi connectivity index (χ2v) is 5.21. The summed E-state index contributed by atoms with van der Waals surface area (Å²) in [7, 11) is 0. The van der Waals surface area contributed by atoms with Crippen LogP contribution in [0.1, 0.15) is 0 Å². The van der Waals surface area contributed by atoms with Crippen molar-refractivity contribution in [2.24, 2.45) is 0 Å². The lowest BCUT2D eigenvalue weighted by Gasteiger charge is -2.26. The first-order valence-electron chi connectivity index (χ1n) is 7.57.